The average molecular weight is 335 g/mol. The summed E-state index contributed by atoms with van der Waals surface area (Å²) >= 11 is 0. The van der Waals surface area contributed by atoms with Crippen molar-refractivity contribution < 1.29 is 19.1 Å². The molecule has 0 fully saturated rings. The van der Waals surface area contributed by atoms with Gasteiger partial charge in [0.2, 0.25) is 0 Å². The Morgan fingerprint density at radius 2 is 1.96 bits per heavy atom. The molecule has 0 heterocycles. The minimum Gasteiger partial charge on any atom is -0.483 e. The number of hydrazine groups is 1. The second kappa shape index (κ2) is 9.57. The van der Waals surface area contributed by atoms with Gasteiger partial charge in [0.25, 0.3) is 5.91 Å². The quantitative estimate of drug-likeness (QED) is 0.306. The summed E-state index contributed by atoms with van der Waals surface area (Å²) in [7, 11) is 0. The standard InChI is InChI=1S/C17H25N3O4/c1-17(2,3)24-16(22)19-11-7-6-9-13-8-4-5-10-14(13)23-12-15(21)20-18/h4-6,8-10H,7,11-12,18H2,1-3H3,(H,19,22)(H,20,21). The lowest BCUT2D eigenvalue weighted by atomic mass is 10.2. The summed E-state index contributed by atoms with van der Waals surface area (Å²) in [4.78, 5) is 22.6. The van der Waals surface area contributed by atoms with E-state index in [1.807, 2.05) is 56.5 Å². The molecule has 0 saturated heterocycles. The largest absolute Gasteiger partial charge is 0.483 e. The molecule has 1 aromatic carbocycles. The minimum absolute atomic E-state index is 0.151. The average Bonchev–Trinajstić information content (AvgIpc) is 2.51. The van der Waals surface area contributed by atoms with Gasteiger partial charge >= 0.3 is 6.09 Å². The number of ether oxygens (including phenoxy) is 2. The van der Waals surface area contributed by atoms with Gasteiger partial charge in [-0.3, -0.25) is 10.2 Å². The molecule has 7 heteroatoms. The van der Waals surface area contributed by atoms with Crippen LogP contribution in [-0.2, 0) is 9.53 Å². The monoisotopic (exact) mass is 335 g/mol. The number of para-hydroxylation sites is 1. The van der Waals surface area contributed by atoms with Crippen LogP contribution < -0.4 is 21.3 Å². The van der Waals surface area contributed by atoms with Crippen molar-refractivity contribution in [2.75, 3.05) is 13.2 Å². The van der Waals surface area contributed by atoms with Gasteiger partial charge in [0, 0.05) is 12.1 Å². The van der Waals surface area contributed by atoms with Crippen LogP contribution in [0.2, 0.25) is 0 Å². The predicted octanol–water partition coefficient (Wildman–Crippen LogP) is 1.98. The third kappa shape index (κ3) is 8.19. The third-order valence-electron chi connectivity index (χ3n) is 2.72. The lowest BCUT2D eigenvalue weighted by Crippen LogP contribution is -2.34. The Bertz CT molecular complexity index is 579. The molecule has 1 rings (SSSR count). The Morgan fingerprint density at radius 3 is 2.62 bits per heavy atom. The molecule has 0 radical (unpaired) electrons. The summed E-state index contributed by atoms with van der Waals surface area (Å²) in [6, 6.07) is 7.32. The highest BCUT2D eigenvalue weighted by Gasteiger charge is 2.15. The van der Waals surface area contributed by atoms with E-state index in [4.69, 9.17) is 15.3 Å². The van der Waals surface area contributed by atoms with Crippen LogP contribution in [0.3, 0.4) is 0 Å². The molecule has 0 spiro atoms. The van der Waals surface area contributed by atoms with Crippen molar-refractivity contribution in [3.8, 4) is 5.75 Å². The van der Waals surface area contributed by atoms with Gasteiger partial charge in [0.15, 0.2) is 6.61 Å². The molecular weight excluding hydrogens is 310 g/mol. The predicted molar refractivity (Wildman–Crippen MR) is 92.2 cm³/mol. The molecule has 1 aromatic rings. The van der Waals surface area contributed by atoms with Gasteiger partial charge < -0.3 is 14.8 Å². The maximum Gasteiger partial charge on any atom is 0.407 e. The van der Waals surface area contributed by atoms with E-state index >= 15 is 0 Å². The number of nitrogens with two attached hydrogens (primary N) is 1. The summed E-state index contributed by atoms with van der Waals surface area (Å²) in [5.41, 5.74) is 2.33. The Morgan fingerprint density at radius 1 is 1.25 bits per heavy atom. The highest BCUT2D eigenvalue weighted by Crippen LogP contribution is 2.19. The lowest BCUT2D eigenvalue weighted by Gasteiger charge is -2.19. The summed E-state index contributed by atoms with van der Waals surface area (Å²) in [5, 5.41) is 2.68. The van der Waals surface area contributed by atoms with Crippen LogP contribution >= 0.6 is 0 Å². The first-order valence-electron chi connectivity index (χ1n) is 7.66. The molecule has 0 unspecified atom stereocenters. The molecule has 4 N–H and O–H groups in total. The van der Waals surface area contributed by atoms with Crippen molar-refractivity contribution in [2.45, 2.75) is 32.8 Å². The molecule has 0 atom stereocenters. The first-order chi connectivity index (χ1) is 11.3. The van der Waals surface area contributed by atoms with Gasteiger partial charge in [-0.1, -0.05) is 30.4 Å². The van der Waals surface area contributed by atoms with Crippen molar-refractivity contribution in [3.05, 3.63) is 35.9 Å². The Balaban J connectivity index is 2.44. The number of carbonyl (C=O) groups is 2. The van der Waals surface area contributed by atoms with Crippen LogP contribution in [0.1, 0.15) is 32.8 Å². The summed E-state index contributed by atoms with van der Waals surface area (Å²) < 4.78 is 10.6. The van der Waals surface area contributed by atoms with Crippen LogP contribution in [-0.4, -0.2) is 30.8 Å². The molecular formula is C17H25N3O4. The molecule has 2 amide bonds. The van der Waals surface area contributed by atoms with Crippen LogP contribution in [0.5, 0.6) is 5.75 Å². The van der Waals surface area contributed by atoms with Gasteiger partial charge in [-0.2, -0.15) is 0 Å². The van der Waals surface area contributed by atoms with Crippen LogP contribution in [0.25, 0.3) is 6.08 Å². The number of nitrogens with one attached hydrogen (secondary N) is 2. The summed E-state index contributed by atoms with van der Waals surface area (Å²) in [5.74, 6) is 5.19. The van der Waals surface area contributed by atoms with Crippen molar-refractivity contribution in [1.82, 2.24) is 10.7 Å². The van der Waals surface area contributed by atoms with Gasteiger partial charge in [-0.05, 0) is 33.3 Å². The van der Waals surface area contributed by atoms with Crippen molar-refractivity contribution in [2.24, 2.45) is 5.84 Å². The Hall–Kier alpha value is -2.54. The summed E-state index contributed by atoms with van der Waals surface area (Å²) in [6.07, 6.45) is 3.97. The van der Waals surface area contributed by atoms with Crippen molar-refractivity contribution in [3.63, 3.8) is 0 Å². The number of rotatable bonds is 7. The van der Waals surface area contributed by atoms with Gasteiger partial charge in [-0.25, -0.2) is 10.6 Å². The van der Waals surface area contributed by atoms with Gasteiger partial charge in [0.1, 0.15) is 11.4 Å². The zero-order chi connectivity index (χ0) is 18.0. The molecule has 0 aromatic heterocycles. The minimum atomic E-state index is -0.508. The zero-order valence-corrected chi connectivity index (χ0v) is 14.3. The highest BCUT2D eigenvalue weighted by molar-refractivity contribution is 5.77. The topological polar surface area (TPSA) is 103 Å². The number of amides is 2. The van der Waals surface area contributed by atoms with E-state index in [0.29, 0.717) is 18.7 Å². The fourth-order valence-corrected chi connectivity index (χ4v) is 1.72. The van der Waals surface area contributed by atoms with E-state index in [1.54, 1.807) is 6.07 Å². The normalized spacial score (nSPS) is 11.2. The fourth-order valence-electron chi connectivity index (χ4n) is 1.72. The fraction of sp³-hybridized carbons (Fsp3) is 0.412. The number of carbonyl (C=O) groups excluding carboxylic acids is 2. The smallest absolute Gasteiger partial charge is 0.407 e. The van der Waals surface area contributed by atoms with E-state index in [1.165, 1.54) is 0 Å². The van der Waals surface area contributed by atoms with E-state index < -0.39 is 17.6 Å². The number of benzene rings is 1. The first kappa shape index (κ1) is 19.5. The van der Waals surface area contributed by atoms with Crippen LogP contribution in [0, 0.1) is 0 Å². The molecule has 0 aliphatic rings. The molecule has 24 heavy (non-hydrogen) atoms. The number of alkyl carbamates (subject to hydrolysis) is 1. The number of hydrogen-bond acceptors (Lipinski definition) is 5. The van der Waals surface area contributed by atoms with E-state index in [9.17, 15) is 9.59 Å². The molecule has 0 aliphatic heterocycles. The number of hydrogen-bond donors (Lipinski definition) is 3. The third-order valence-corrected chi connectivity index (χ3v) is 2.72. The Kier molecular flexibility index (Phi) is 7.77. The SMILES string of the molecule is CC(C)(C)OC(=O)NCCC=Cc1ccccc1OCC(=O)NN. The zero-order valence-electron chi connectivity index (χ0n) is 14.3. The van der Waals surface area contributed by atoms with E-state index in [-0.39, 0.29) is 6.61 Å². The van der Waals surface area contributed by atoms with Crippen molar-refractivity contribution in [1.29, 1.82) is 0 Å². The second-order valence-electron chi connectivity index (χ2n) is 6.01. The second-order valence-corrected chi connectivity index (χ2v) is 6.01. The molecule has 7 nitrogen and oxygen atoms in total. The van der Waals surface area contributed by atoms with Crippen LogP contribution in [0.15, 0.2) is 30.3 Å². The van der Waals surface area contributed by atoms with Crippen LogP contribution in [0.4, 0.5) is 4.79 Å². The lowest BCUT2D eigenvalue weighted by molar-refractivity contribution is -0.123. The molecule has 0 bridgehead atoms. The van der Waals surface area contributed by atoms with Crippen molar-refractivity contribution >= 4 is 18.1 Å². The summed E-state index contributed by atoms with van der Waals surface area (Å²) in [6.45, 7) is 5.75. The first-order valence-corrected chi connectivity index (χ1v) is 7.66. The highest BCUT2D eigenvalue weighted by atomic mass is 16.6. The maximum absolute atomic E-state index is 11.5. The Labute approximate surface area is 142 Å². The molecule has 132 valence electrons. The van der Waals surface area contributed by atoms with E-state index in [2.05, 4.69) is 5.32 Å². The molecule has 0 aliphatic carbocycles. The van der Waals surface area contributed by atoms with E-state index in [0.717, 1.165) is 5.56 Å². The molecule has 0 saturated carbocycles. The maximum atomic E-state index is 11.5. The van der Waals surface area contributed by atoms with Gasteiger partial charge in [0.05, 0.1) is 0 Å². The van der Waals surface area contributed by atoms with Gasteiger partial charge in [-0.15, -0.1) is 0 Å².